The molecule has 0 saturated heterocycles. The fourth-order valence-electron chi connectivity index (χ4n) is 3.30. The van der Waals surface area contributed by atoms with Gasteiger partial charge in [0.25, 0.3) is 5.91 Å². The molecular weight excluding hydrogens is 370 g/mol. The van der Waals surface area contributed by atoms with E-state index in [1.165, 1.54) is 4.90 Å². The Balaban J connectivity index is 1.67. The molecule has 0 radical (unpaired) electrons. The van der Waals surface area contributed by atoms with Crippen LogP contribution >= 0.6 is 0 Å². The third-order valence-electron chi connectivity index (χ3n) is 4.87. The molecule has 29 heavy (non-hydrogen) atoms. The van der Waals surface area contributed by atoms with Crippen LogP contribution in [0.3, 0.4) is 0 Å². The van der Waals surface area contributed by atoms with Crippen LogP contribution in [-0.4, -0.2) is 48.9 Å². The molecule has 152 valence electrons. The van der Waals surface area contributed by atoms with Crippen molar-refractivity contribution in [3.05, 3.63) is 54.1 Å². The van der Waals surface area contributed by atoms with Crippen molar-refractivity contribution in [2.24, 2.45) is 0 Å². The predicted octanol–water partition coefficient (Wildman–Crippen LogP) is 2.60. The number of rotatable bonds is 5. The Hall–Kier alpha value is -3.35. The van der Waals surface area contributed by atoms with Crippen molar-refractivity contribution in [2.75, 3.05) is 30.4 Å². The lowest BCUT2D eigenvalue weighted by molar-refractivity contribution is -0.135. The number of nitrogens with one attached hydrogen (secondary N) is 1. The van der Waals surface area contributed by atoms with Crippen molar-refractivity contribution in [1.29, 1.82) is 0 Å². The topological polar surface area (TPSA) is 79.0 Å². The number of nitrogens with zero attached hydrogens (tertiary/aromatic N) is 2. The van der Waals surface area contributed by atoms with Gasteiger partial charge in [0, 0.05) is 19.5 Å². The lowest BCUT2D eigenvalue weighted by atomic mass is 10.1. The normalized spacial score (nSPS) is 15.8. The molecule has 0 spiro atoms. The van der Waals surface area contributed by atoms with E-state index in [9.17, 15) is 14.4 Å². The van der Waals surface area contributed by atoms with Crippen molar-refractivity contribution in [1.82, 2.24) is 4.90 Å². The van der Waals surface area contributed by atoms with Gasteiger partial charge < -0.3 is 19.9 Å². The van der Waals surface area contributed by atoms with Gasteiger partial charge in [0.15, 0.2) is 6.61 Å². The minimum absolute atomic E-state index is 0.108. The first-order chi connectivity index (χ1) is 13.9. The van der Waals surface area contributed by atoms with Crippen molar-refractivity contribution in [3.63, 3.8) is 0 Å². The first kappa shape index (κ1) is 20.4. The largest absolute Gasteiger partial charge is 0.484 e. The number of hydrogen-bond acceptors (Lipinski definition) is 4. The maximum Gasteiger partial charge on any atom is 0.260 e. The molecule has 7 heteroatoms. The maximum absolute atomic E-state index is 13.0. The highest BCUT2D eigenvalue weighted by molar-refractivity contribution is 6.05. The fraction of sp³-hybridized carbons (Fsp3) is 0.318. The van der Waals surface area contributed by atoms with Crippen LogP contribution in [0.1, 0.15) is 18.9 Å². The van der Waals surface area contributed by atoms with Crippen LogP contribution in [0.4, 0.5) is 11.4 Å². The molecule has 0 unspecified atom stereocenters. The molecule has 3 amide bonds. The van der Waals surface area contributed by atoms with E-state index in [2.05, 4.69) is 5.32 Å². The number of anilines is 2. The summed E-state index contributed by atoms with van der Waals surface area (Å²) < 4.78 is 5.59. The van der Waals surface area contributed by atoms with Gasteiger partial charge in [0.05, 0.1) is 17.9 Å². The lowest BCUT2D eigenvalue weighted by Gasteiger charge is -2.29. The lowest BCUT2D eigenvalue weighted by Crippen LogP contribution is -2.46. The smallest absolute Gasteiger partial charge is 0.260 e. The Morgan fingerprint density at radius 3 is 2.62 bits per heavy atom. The third kappa shape index (κ3) is 4.74. The molecule has 1 aliphatic heterocycles. The summed E-state index contributed by atoms with van der Waals surface area (Å²) >= 11 is 0. The third-order valence-corrected chi connectivity index (χ3v) is 4.87. The van der Waals surface area contributed by atoms with Gasteiger partial charge in [0.1, 0.15) is 5.75 Å². The number of carbonyl (C=O) groups is 3. The zero-order valence-electron chi connectivity index (χ0n) is 16.8. The van der Waals surface area contributed by atoms with Gasteiger partial charge in [-0.05, 0) is 37.6 Å². The maximum atomic E-state index is 13.0. The number of ether oxygens (including phenoxy) is 1. The van der Waals surface area contributed by atoms with Crippen LogP contribution in [0.2, 0.25) is 0 Å². The van der Waals surface area contributed by atoms with Crippen molar-refractivity contribution in [3.8, 4) is 5.75 Å². The van der Waals surface area contributed by atoms with Crippen LogP contribution in [-0.2, 0) is 14.4 Å². The van der Waals surface area contributed by atoms with Gasteiger partial charge in [0.2, 0.25) is 11.8 Å². The van der Waals surface area contributed by atoms with Gasteiger partial charge >= 0.3 is 0 Å². The molecule has 0 aromatic heterocycles. The number of benzene rings is 2. The SMILES string of the molecule is Cc1ccccc1OCC(=O)N(C)CC(=O)N1c2ccccc2NC(=O)C[C@@H]1C. The monoisotopic (exact) mass is 395 g/mol. The van der Waals surface area contributed by atoms with Gasteiger partial charge in [-0.2, -0.15) is 0 Å². The molecule has 0 fully saturated rings. The number of fused-ring (bicyclic) bond motifs is 1. The van der Waals surface area contributed by atoms with Crippen LogP contribution in [0.5, 0.6) is 5.75 Å². The Labute approximate surface area is 170 Å². The second-order valence-electron chi connectivity index (χ2n) is 7.19. The number of para-hydroxylation sites is 3. The van der Waals surface area contributed by atoms with Crippen molar-refractivity contribution < 1.29 is 19.1 Å². The van der Waals surface area contributed by atoms with E-state index in [-0.39, 0.29) is 43.3 Å². The van der Waals surface area contributed by atoms with Crippen molar-refractivity contribution >= 4 is 29.1 Å². The summed E-state index contributed by atoms with van der Waals surface area (Å²) in [6.07, 6.45) is 0.189. The Kier molecular flexibility index (Phi) is 6.16. The molecule has 2 aromatic rings. The zero-order valence-corrected chi connectivity index (χ0v) is 16.8. The summed E-state index contributed by atoms with van der Waals surface area (Å²) in [5.74, 6) is -0.0590. The number of aryl methyl sites for hydroxylation is 1. The molecule has 1 heterocycles. The van der Waals surface area contributed by atoms with E-state index in [0.717, 1.165) is 5.56 Å². The first-order valence-corrected chi connectivity index (χ1v) is 9.50. The van der Waals surface area contributed by atoms with Crippen LogP contribution < -0.4 is 15.0 Å². The second-order valence-corrected chi connectivity index (χ2v) is 7.19. The minimum Gasteiger partial charge on any atom is -0.484 e. The van der Waals surface area contributed by atoms with E-state index in [1.54, 1.807) is 36.2 Å². The summed E-state index contributed by atoms with van der Waals surface area (Å²) in [4.78, 5) is 40.5. The number of likely N-dealkylation sites (N-methyl/N-ethyl adjacent to an activating group) is 1. The van der Waals surface area contributed by atoms with E-state index in [1.807, 2.05) is 38.1 Å². The average molecular weight is 395 g/mol. The highest BCUT2D eigenvalue weighted by Gasteiger charge is 2.30. The molecule has 1 atom stereocenters. The minimum atomic E-state index is -0.321. The zero-order chi connectivity index (χ0) is 21.0. The summed E-state index contributed by atoms with van der Waals surface area (Å²) in [6, 6.07) is 14.3. The predicted molar refractivity (Wildman–Crippen MR) is 111 cm³/mol. The Morgan fingerprint density at radius 1 is 1.17 bits per heavy atom. The van der Waals surface area contributed by atoms with E-state index < -0.39 is 0 Å². The molecular formula is C22H25N3O4. The fourth-order valence-corrected chi connectivity index (χ4v) is 3.30. The Morgan fingerprint density at radius 2 is 1.86 bits per heavy atom. The molecule has 1 aliphatic rings. The number of hydrogen-bond donors (Lipinski definition) is 1. The molecule has 0 bridgehead atoms. The molecule has 7 nitrogen and oxygen atoms in total. The summed E-state index contributed by atoms with van der Waals surface area (Å²) in [6.45, 7) is 3.47. The Bertz CT molecular complexity index is 928. The van der Waals surface area contributed by atoms with E-state index in [4.69, 9.17) is 4.74 Å². The number of amides is 3. The van der Waals surface area contributed by atoms with Crippen molar-refractivity contribution in [2.45, 2.75) is 26.3 Å². The standard InChI is InChI=1S/C22H25N3O4/c1-15-8-4-7-11-19(15)29-14-22(28)24(3)13-21(27)25-16(2)12-20(26)23-17-9-5-6-10-18(17)25/h4-11,16H,12-14H2,1-3H3,(H,23,26)/t16-/m0/s1. The molecule has 0 aliphatic carbocycles. The van der Waals surface area contributed by atoms with Gasteiger partial charge in [-0.1, -0.05) is 30.3 Å². The molecule has 3 rings (SSSR count). The highest BCUT2D eigenvalue weighted by atomic mass is 16.5. The summed E-state index contributed by atoms with van der Waals surface area (Å²) in [5.41, 5.74) is 2.16. The quantitative estimate of drug-likeness (QED) is 0.844. The molecule has 2 aromatic carbocycles. The summed E-state index contributed by atoms with van der Waals surface area (Å²) in [7, 11) is 1.57. The first-order valence-electron chi connectivity index (χ1n) is 9.50. The van der Waals surface area contributed by atoms with Gasteiger partial charge in [-0.25, -0.2) is 0 Å². The van der Waals surface area contributed by atoms with Crippen LogP contribution in [0, 0.1) is 6.92 Å². The van der Waals surface area contributed by atoms with E-state index >= 15 is 0 Å². The summed E-state index contributed by atoms with van der Waals surface area (Å²) in [5, 5.41) is 2.82. The van der Waals surface area contributed by atoms with Crippen LogP contribution in [0.25, 0.3) is 0 Å². The van der Waals surface area contributed by atoms with Crippen LogP contribution in [0.15, 0.2) is 48.5 Å². The highest BCUT2D eigenvalue weighted by Crippen LogP contribution is 2.31. The number of carbonyl (C=O) groups excluding carboxylic acids is 3. The van der Waals surface area contributed by atoms with Gasteiger partial charge in [-0.15, -0.1) is 0 Å². The molecule has 0 saturated carbocycles. The molecule has 1 N–H and O–H groups in total. The second kappa shape index (κ2) is 8.77. The average Bonchev–Trinajstić information content (AvgIpc) is 2.81. The van der Waals surface area contributed by atoms with E-state index in [0.29, 0.717) is 17.1 Å². The van der Waals surface area contributed by atoms with Gasteiger partial charge in [-0.3, -0.25) is 14.4 Å².